The van der Waals surface area contributed by atoms with Crippen LogP contribution in [0.25, 0.3) is 0 Å². The van der Waals surface area contributed by atoms with E-state index in [-0.39, 0.29) is 18.9 Å². The molecular weight excluding hydrogens is 189 g/mol. The Kier molecular flexibility index (Phi) is 20.6. The predicted octanol–water partition coefficient (Wildman–Crippen LogP) is 1.82. The van der Waals surface area contributed by atoms with E-state index in [1.54, 1.807) is 0 Å². The van der Waals surface area contributed by atoms with Crippen molar-refractivity contribution in [3.63, 3.8) is 0 Å². The van der Waals surface area contributed by atoms with Gasteiger partial charge in [-0.2, -0.15) is 6.42 Å². The van der Waals surface area contributed by atoms with Crippen molar-refractivity contribution in [3.8, 4) is 0 Å². The van der Waals surface area contributed by atoms with E-state index < -0.39 is 0 Å². The van der Waals surface area contributed by atoms with Crippen LogP contribution in [0.2, 0.25) is 0 Å². The molecule has 90 valence electrons. The molecular formula is C14H28LiN. The molecule has 0 radical (unpaired) electrons. The molecule has 0 heterocycles. The largest absolute Gasteiger partial charge is 1.00 e. The van der Waals surface area contributed by atoms with E-state index in [9.17, 15) is 0 Å². The maximum Gasteiger partial charge on any atom is 1.00 e. The summed E-state index contributed by atoms with van der Waals surface area (Å²) < 4.78 is 0. The van der Waals surface area contributed by atoms with Crippen molar-refractivity contribution in [2.75, 3.05) is 6.54 Å². The van der Waals surface area contributed by atoms with Gasteiger partial charge in [0, 0.05) is 6.54 Å². The van der Waals surface area contributed by atoms with Crippen LogP contribution >= 0.6 is 0 Å². The third kappa shape index (κ3) is 16.7. The molecule has 1 nitrogen and oxygen atoms in total. The zero-order chi connectivity index (χ0) is 11.2. The van der Waals surface area contributed by atoms with Gasteiger partial charge in [-0.1, -0.05) is 45.4 Å². The first-order valence-corrected chi connectivity index (χ1v) is 6.69. The molecule has 0 atom stereocenters. The standard InChI is InChI=1S/C14H28N.Li/c1-3-5-7-9-10-12-14-15-13-11-8-6-4-2;/h14H,1,3-13H2,2H3;/q-1;+1. The summed E-state index contributed by atoms with van der Waals surface area (Å²) in [5.41, 5.74) is 0. The van der Waals surface area contributed by atoms with Crippen molar-refractivity contribution in [1.82, 2.24) is 0 Å². The van der Waals surface area contributed by atoms with Gasteiger partial charge < -0.3 is 6.92 Å². The molecule has 0 bridgehead atoms. The quantitative estimate of drug-likeness (QED) is 0.217. The third-order valence-electron chi connectivity index (χ3n) is 2.60. The van der Waals surface area contributed by atoms with Gasteiger partial charge in [-0.25, -0.2) is 0 Å². The molecule has 0 aliphatic heterocycles. The fourth-order valence-corrected chi connectivity index (χ4v) is 1.58. The topological polar surface area (TPSA) is 12.4 Å². The van der Waals surface area contributed by atoms with Crippen LogP contribution < -0.4 is 18.9 Å². The Morgan fingerprint density at radius 3 is 2.31 bits per heavy atom. The maximum absolute atomic E-state index is 4.42. The Hall–Kier alpha value is 0.267. The summed E-state index contributed by atoms with van der Waals surface area (Å²) in [5, 5.41) is 0. The van der Waals surface area contributed by atoms with E-state index in [0.29, 0.717) is 0 Å². The van der Waals surface area contributed by atoms with E-state index in [2.05, 4.69) is 25.1 Å². The smallest absolute Gasteiger partial charge is 0.343 e. The van der Waals surface area contributed by atoms with Gasteiger partial charge in [0.05, 0.1) is 0 Å². The summed E-state index contributed by atoms with van der Waals surface area (Å²) in [6.07, 6.45) is 14.9. The van der Waals surface area contributed by atoms with Crippen LogP contribution in [0.5, 0.6) is 0 Å². The molecule has 0 unspecified atom stereocenters. The summed E-state index contributed by atoms with van der Waals surface area (Å²) in [7, 11) is 0. The molecule has 0 fully saturated rings. The normalized spacial score (nSPS) is 10.6. The molecule has 0 amide bonds. The second-order valence-electron chi connectivity index (χ2n) is 4.21. The van der Waals surface area contributed by atoms with Crippen LogP contribution in [0, 0.1) is 6.92 Å². The first-order chi connectivity index (χ1) is 7.41. The molecule has 0 spiro atoms. The van der Waals surface area contributed by atoms with Gasteiger partial charge in [-0.3, -0.25) is 4.99 Å². The van der Waals surface area contributed by atoms with Crippen molar-refractivity contribution in [3.05, 3.63) is 6.92 Å². The van der Waals surface area contributed by atoms with E-state index in [1.165, 1.54) is 57.8 Å². The molecule has 0 saturated carbocycles. The summed E-state index contributed by atoms with van der Waals surface area (Å²) >= 11 is 0. The van der Waals surface area contributed by atoms with Crippen LogP contribution in [-0.2, 0) is 0 Å². The van der Waals surface area contributed by atoms with Crippen LogP contribution in [-0.4, -0.2) is 12.8 Å². The van der Waals surface area contributed by atoms with Gasteiger partial charge in [0.2, 0.25) is 0 Å². The van der Waals surface area contributed by atoms with Crippen molar-refractivity contribution in [2.24, 2.45) is 4.99 Å². The Morgan fingerprint density at radius 1 is 0.938 bits per heavy atom. The molecule has 0 aromatic heterocycles. The molecule has 0 aromatic rings. The SMILES string of the molecule is [CH2-]CCCCCCC=NCCCCCC.[Li+]. The number of nitrogens with zero attached hydrogens (tertiary/aromatic N) is 1. The summed E-state index contributed by atoms with van der Waals surface area (Å²) in [6.45, 7) is 7.13. The summed E-state index contributed by atoms with van der Waals surface area (Å²) in [4.78, 5) is 4.42. The molecule has 16 heavy (non-hydrogen) atoms. The minimum Gasteiger partial charge on any atom is -0.343 e. The van der Waals surface area contributed by atoms with E-state index in [0.717, 1.165) is 13.0 Å². The van der Waals surface area contributed by atoms with Crippen LogP contribution in [0.1, 0.15) is 71.1 Å². The van der Waals surface area contributed by atoms with Gasteiger partial charge >= 0.3 is 18.9 Å². The Bertz CT molecular complexity index is 135. The summed E-state index contributed by atoms with van der Waals surface area (Å²) in [5.74, 6) is 0. The van der Waals surface area contributed by atoms with Crippen LogP contribution in [0.3, 0.4) is 0 Å². The Labute approximate surface area is 115 Å². The maximum atomic E-state index is 4.42. The molecule has 0 saturated heterocycles. The number of aliphatic imine (C=N–C) groups is 1. The van der Waals surface area contributed by atoms with Gasteiger partial charge in [-0.05, 0) is 25.5 Å². The minimum absolute atomic E-state index is 0. The Balaban J connectivity index is 0. The van der Waals surface area contributed by atoms with Gasteiger partial charge in [-0.15, -0.1) is 0 Å². The number of hydrogen-bond donors (Lipinski definition) is 0. The second-order valence-corrected chi connectivity index (χ2v) is 4.21. The fourth-order valence-electron chi connectivity index (χ4n) is 1.58. The fraction of sp³-hybridized carbons (Fsp3) is 0.857. The van der Waals surface area contributed by atoms with Gasteiger partial charge in [0.1, 0.15) is 0 Å². The minimum atomic E-state index is 0. The van der Waals surface area contributed by atoms with Crippen molar-refractivity contribution >= 4 is 6.21 Å². The number of unbranched alkanes of at least 4 members (excludes halogenated alkanes) is 8. The zero-order valence-electron chi connectivity index (χ0n) is 11.5. The first kappa shape index (κ1) is 18.6. The van der Waals surface area contributed by atoms with E-state index in [1.807, 2.05) is 0 Å². The second kappa shape index (κ2) is 17.7. The molecule has 2 heteroatoms. The average molecular weight is 217 g/mol. The van der Waals surface area contributed by atoms with Crippen molar-refractivity contribution in [2.45, 2.75) is 71.1 Å². The van der Waals surface area contributed by atoms with Crippen molar-refractivity contribution < 1.29 is 18.9 Å². The molecule has 0 aliphatic carbocycles. The van der Waals surface area contributed by atoms with Crippen LogP contribution in [0.15, 0.2) is 4.99 Å². The predicted molar refractivity (Wildman–Crippen MR) is 70.6 cm³/mol. The van der Waals surface area contributed by atoms with Gasteiger partial charge in [0.25, 0.3) is 0 Å². The third-order valence-corrected chi connectivity index (χ3v) is 2.60. The monoisotopic (exact) mass is 217 g/mol. The Morgan fingerprint density at radius 2 is 1.62 bits per heavy atom. The number of rotatable bonds is 11. The molecule has 0 aromatic carbocycles. The van der Waals surface area contributed by atoms with Crippen molar-refractivity contribution in [1.29, 1.82) is 0 Å². The molecule has 0 rings (SSSR count). The molecule has 0 N–H and O–H groups in total. The molecule has 0 aliphatic rings. The van der Waals surface area contributed by atoms with E-state index in [4.69, 9.17) is 0 Å². The summed E-state index contributed by atoms with van der Waals surface area (Å²) in [6, 6.07) is 0. The van der Waals surface area contributed by atoms with Crippen LogP contribution in [0.4, 0.5) is 0 Å². The first-order valence-electron chi connectivity index (χ1n) is 6.69. The average Bonchev–Trinajstić information content (AvgIpc) is 2.26. The van der Waals surface area contributed by atoms with Gasteiger partial charge in [0.15, 0.2) is 0 Å². The van der Waals surface area contributed by atoms with E-state index >= 15 is 0 Å². The number of hydrogen-bond acceptors (Lipinski definition) is 1. The zero-order valence-corrected chi connectivity index (χ0v) is 11.5.